The van der Waals surface area contributed by atoms with Gasteiger partial charge in [0.15, 0.2) is 0 Å². The number of hydrogen-bond donors (Lipinski definition) is 4. The monoisotopic (exact) mass is 1510 g/mol. The van der Waals surface area contributed by atoms with Gasteiger partial charge in [0.05, 0.1) is 47.8 Å². The molecule has 0 aromatic heterocycles. The van der Waals surface area contributed by atoms with Gasteiger partial charge in [-0.1, -0.05) is 81.1 Å². The molecule has 12 atom stereocenters. The molecule has 540 valence electrons. The number of Topliss-reactive ketones (excluding diaryl/α,β-unsaturated/α-hetero) is 2. The van der Waals surface area contributed by atoms with Crippen molar-refractivity contribution < 1.29 is 58.0 Å². The number of carboxylic acids is 1. The Morgan fingerprint density at radius 1 is 0.571 bits per heavy atom. The normalized spacial score (nSPS) is 28.9. The van der Waals surface area contributed by atoms with Crippen molar-refractivity contribution in [1.82, 2.24) is 10.6 Å². The van der Waals surface area contributed by atoms with E-state index in [2.05, 4.69) is 48.1 Å². The minimum Gasteiger partial charge on any atom is -0.493 e. The van der Waals surface area contributed by atoms with Crippen LogP contribution in [0, 0.1) is 45.3 Å². The number of hydrogen-bond acceptors (Lipinski definition) is 13. The molecule has 6 fully saturated rings. The van der Waals surface area contributed by atoms with E-state index in [1.807, 2.05) is 48.5 Å². The zero-order valence-corrected chi connectivity index (χ0v) is 61.8. The molecule has 0 unspecified atom stereocenters. The van der Waals surface area contributed by atoms with Crippen LogP contribution in [0.25, 0.3) is 0 Å². The van der Waals surface area contributed by atoms with Crippen molar-refractivity contribution in [2.24, 2.45) is 45.3 Å². The van der Waals surface area contributed by atoms with Crippen molar-refractivity contribution in [1.29, 1.82) is 0 Å². The number of fused-ring (bicyclic) bond motifs is 10. The number of carboxylic acid groups (broad SMARTS) is 1. The lowest BCUT2D eigenvalue weighted by molar-refractivity contribution is -0.152. The molecule has 2 aliphatic heterocycles. The van der Waals surface area contributed by atoms with E-state index in [1.165, 1.54) is 12.1 Å². The largest absolute Gasteiger partial charge is 0.493 e. The molecule has 6 saturated carbocycles. The van der Waals surface area contributed by atoms with E-state index in [1.54, 1.807) is 12.2 Å². The van der Waals surface area contributed by atoms with E-state index in [-0.39, 0.29) is 113 Å². The van der Waals surface area contributed by atoms with Gasteiger partial charge in [-0.15, -0.1) is 46.4 Å². The van der Waals surface area contributed by atoms with Gasteiger partial charge in [-0.3, -0.25) is 33.6 Å². The molecule has 0 radical (unpaired) electrons. The number of ketones is 2. The lowest BCUT2D eigenvalue weighted by Crippen LogP contribution is -2.58. The molecule has 6 aliphatic carbocycles. The molecule has 2 heterocycles. The molecule has 4 N–H and O–H groups in total. The summed E-state index contributed by atoms with van der Waals surface area (Å²) in [6, 6.07) is 18.2. The van der Waals surface area contributed by atoms with E-state index in [0.717, 1.165) is 99.8 Å². The molecule has 3 aromatic carbocycles. The molecule has 3 aromatic rings. The van der Waals surface area contributed by atoms with Crippen molar-refractivity contribution in [3.8, 4) is 11.5 Å². The van der Waals surface area contributed by atoms with Crippen molar-refractivity contribution >= 4 is 145 Å². The number of nitrogens with one attached hydrogen (secondary N) is 2. The fraction of sp³-hybridized carbons (Fsp3) is 0.608. The number of anilines is 2. The fourth-order valence-electron chi connectivity index (χ4n) is 16.8. The van der Waals surface area contributed by atoms with Gasteiger partial charge in [0.1, 0.15) is 29.2 Å². The summed E-state index contributed by atoms with van der Waals surface area (Å²) in [6.45, 7) is 12.4. The molecule has 16 nitrogen and oxygen atoms in total. The second kappa shape index (κ2) is 36.6. The van der Waals surface area contributed by atoms with Crippen molar-refractivity contribution in [2.45, 2.75) is 175 Å². The van der Waals surface area contributed by atoms with E-state index in [9.17, 15) is 38.7 Å². The third-order valence-corrected chi connectivity index (χ3v) is 23.6. The highest BCUT2D eigenvalue weighted by Crippen LogP contribution is 2.61. The number of halogens is 8. The highest BCUT2D eigenvalue weighted by atomic mass is 35.5. The minimum absolute atomic E-state index is 0. The number of carbonyl (C=O) groups excluding carboxylic acids is 6. The summed E-state index contributed by atoms with van der Waals surface area (Å²) in [7, 11) is 0. The smallest absolute Gasteiger partial charge is 0.309 e. The number of nitrogens with zero attached hydrogens (tertiary/aromatic N) is 2. The average Bonchev–Trinajstić information content (AvgIpc) is 1.34. The Hall–Kier alpha value is -4.49. The zero-order chi connectivity index (χ0) is 70.4. The van der Waals surface area contributed by atoms with Crippen LogP contribution in [0.5, 0.6) is 11.5 Å². The Bertz CT molecular complexity index is 3310. The van der Waals surface area contributed by atoms with Crippen LogP contribution in [0.3, 0.4) is 0 Å². The third-order valence-electron chi connectivity index (χ3n) is 21.9. The molecular formula is C74H96Cl8N4O12. The summed E-state index contributed by atoms with van der Waals surface area (Å²) in [5.41, 5.74) is 4.27. The summed E-state index contributed by atoms with van der Waals surface area (Å²) >= 11 is 45.4. The first kappa shape index (κ1) is 80.8. The van der Waals surface area contributed by atoms with Gasteiger partial charge in [-0.05, 0) is 188 Å². The molecule has 0 saturated heterocycles. The fourth-order valence-corrected chi connectivity index (χ4v) is 19.0. The first-order valence-electron chi connectivity index (χ1n) is 33.9. The van der Waals surface area contributed by atoms with Gasteiger partial charge in [-0.25, -0.2) is 0 Å². The number of esters is 1. The second-order valence-corrected chi connectivity index (χ2v) is 31.2. The standard InChI is InChI=1S/C33H44Cl2N2O5.C20H29NO3.C13H17Cl2NO3.C7H2Cl4O.CH4/c1-32-12-10-28-31(27(32)8-5-24(38)21-32)36-29(39)20-22-19-26(9-13-33(22,28)2)42-30(40)11-18-41-25-6-3-23(4-7-25)37(16-14-34)17-15-35;1-19-7-6-16-18(15(19)4-3-14(23)11-19)21-17(24)10-12-9-13(22)5-8-20(12,16)2;14-6-8-16(9-7-15)11-1-3-12(4-2-11)19-10-5-13(17)18;8-3-1-4(9)6(7(11)12)5(10)2-3;/h3-4,6-7,20,26-28,31H,5,8-19,21H2,1-2H3,(H,36,39);10,13,15-16,18,22H,3-9,11H2,1-2H3,(H,21,24);1-4H,5-10H2,(H,17,18);1-2H;1H4/t26-,27+,28-,31-,32+,33-;13-,15-,16-,18-,19+,20-;;;/m00.../s1. The molecule has 11 rings (SSSR count). The summed E-state index contributed by atoms with van der Waals surface area (Å²) in [5, 5.41) is 25.3. The van der Waals surface area contributed by atoms with Crippen LogP contribution in [-0.2, 0) is 33.5 Å². The maximum absolute atomic E-state index is 13.1. The lowest BCUT2D eigenvalue weighted by atomic mass is 9.50. The minimum atomic E-state index is -0.868. The number of carbonyl (C=O) groups is 7. The van der Waals surface area contributed by atoms with E-state index in [0.29, 0.717) is 127 Å². The SMILES string of the molecule is C.C[C@]12CC[C@H]3[C@@H](NC(=O)C=C4C[C@@H](O)CC[C@@]43C)[C@@H]1CCC(=O)C2.C[C@]12CC[C@H]3[C@@H](NC(=O)C=C4C[C@@H](OC(=O)CCOc5ccc(N(CCCl)CCCl)cc5)CC[C@@]43C)[C@H]1CCC(=O)C2.O=C(Cl)c1c(Cl)cc(Cl)cc1Cl.O=C(O)CCOc1ccc(N(CCCl)CCCl)cc1. The molecule has 8 aliphatic rings. The van der Waals surface area contributed by atoms with Gasteiger partial charge in [0, 0.05) is 122 Å². The van der Waals surface area contributed by atoms with Crippen LogP contribution in [0.4, 0.5) is 11.4 Å². The Labute approximate surface area is 618 Å². The molecule has 0 spiro atoms. The highest BCUT2D eigenvalue weighted by Gasteiger charge is 2.58. The van der Waals surface area contributed by atoms with Gasteiger partial charge < -0.3 is 44.9 Å². The van der Waals surface area contributed by atoms with E-state index < -0.39 is 11.2 Å². The maximum atomic E-state index is 13.1. The van der Waals surface area contributed by atoms with Crippen LogP contribution in [-0.4, -0.2) is 138 Å². The topological polar surface area (TPSA) is 218 Å². The molecule has 98 heavy (non-hydrogen) atoms. The Balaban J connectivity index is 0.000000204. The number of ether oxygens (including phenoxy) is 3. The first-order chi connectivity index (χ1) is 46.2. The Morgan fingerprint density at radius 2 is 0.990 bits per heavy atom. The van der Waals surface area contributed by atoms with Crippen molar-refractivity contribution in [3.05, 3.63) is 105 Å². The summed E-state index contributed by atoms with van der Waals surface area (Å²) in [6.07, 6.45) is 16.3. The molecule has 24 heteroatoms. The molecular weight excluding hydrogens is 1420 g/mol. The second-order valence-electron chi connectivity index (χ2n) is 28.1. The van der Waals surface area contributed by atoms with Crippen LogP contribution in [0.2, 0.25) is 15.1 Å². The van der Waals surface area contributed by atoms with Crippen molar-refractivity contribution in [3.63, 3.8) is 0 Å². The molecule has 2 amide bonds. The van der Waals surface area contributed by atoms with Crippen LogP contribution >= 0.6 is 92.8 Å². The summed E-state index contributed by atoms with van der Waals surface area (Å²) in [4.78, 5) is 88.0. The number of aliphatic hydroxyl groups excluding tert-OH is 1. The quantitative estimate of drug-likeness (QED) is 0.0470. The Kier molecular flexibility index (Phi) is 30.2. The lowest BCUT2D eigenvalue weighted by Gasteiger charge is -2.56. The highest BCUT2D eigenvalue weighted by molar-refractivity contribution is 6.70. The van der Waals surface area contributed by atoms with E-state index >= 15 is 0 Å². The van der Waals surface area contributed by atoms with Crippen LogP contribution < -0.4 is 29.9 Å². The van der Waals surface area contributed by atoms with Gasteiger partial charge in [-0.2, -0.15) is 0 Å². The number of rotatable bonds is 20. The van der Waals surface area contributed by atoms with Gasteiger partial charge in [0.25, 0.3) is 5.24 Å². The summed E-state index contributed by atoms with van der Waals surface area (Å²) in [5.74, 6) is 4.47. The van der Waals surface area contributed by atoms with Crippen LogP contribution in [0.1, 0.15) is 161 Å². The Morgan fingerprint density at radius 3 is 1.41 bits per heavy atom. The zero-order valence-electron chi connectivity index (χ0n) is 55.7. The summed E-state index contributed by atoms with van der Waals surface area (Å²) < 4.78 is 17.0. The number of amides is 2. The van der Waals surface area contributed by atoms with Crippen molar-refractivity contribution in [2.75, 3.05) is 72.7 Å². The first-order valence-corrected chi connectivity index (χ1v) is 37.5. The van der Waals surface area contributed by atoms with E-state index in [4.69, 9.17) is 112 Å². The number of alkyl halides is 4. The van der Waals surface area contributed by atoms with Gasteiger partial charge in [0.2, 0.25) is 11.8 Å². The van der Waals surface area contributed by atoms with Gasteiger partial charge >= 0.3 is 11.9 Å². The molecule has 0 bridgehead atoms. The predicted molar refractivity (Wildman–Crippen MR) is 393 cm³/mol. The number of aliphatic carboxylic acids is 1. The van der Waals surface area contributed by atoms with Crippen LogP contribution in [0.15, 0.2) is 84.0 Å². The average molecular weight is 1520 g/mol. The third kappa shape index (κ3) is 20.4. The maximum Gasteiger partial charge on any atom is 0.309 e. The number of benzene rings is 3. The predicted octanol–water partition coefficient (Wildman–Crippen LogP) is 16.3. The number of aliphatic hydroxyl groups is 1.